The first-order valence-electron chi connectivity index (χ1n) is 8.36. The summed E-state index contributed by atoms with van der Waals surface area (Å²) in [4.78, 5) is 21.4. The Hall–Kier alpha value is -2.36. The quantitative estimate of drug-likeness (QED) is 0.865. The van der Waals surface area contributed by atoms with E-state index in [1.165, 1.54) is 11.3 Å². The molecule has 0 fully saturated rings. The number of carbonyl (C=O) groups is 1. The van der Waals surface area contributed by atoms with Gasteiger partial charge in [0, 0.05) is 31.5 Å². The Morgan fingerprint density at radius 3 is 2.74 bits per heavy atom. The lowest BCUT2D eigenvalue weighted by molar-refractivity contribution is 0.0773. The standard InChI is InChI=1S/C19H23N3O/c1-3-21(4-2)19(23)16-11-7-13-20-18(16)22-14-8-10-15-9-5-6-12-17(15)22/h5-7,9,11-13H,3-4,8,10,14H2,1-2H3. The average Bonchev–Trinajstić information content (AvgIpc) is 2.62. The Morgan fingerprint density at radius 2 is 1.96 bits per heavy atom. The number of fused-ring (bicyclic) bond motifs is 1. The lowest BCUT2D eigenvalue weighted by Gasteiger charge is -2.32. The first-order valence-corrected chi connectivity index (χ1v) is 8.36. The van der Waals surface area contributed by atoms with Crippen LogP contribution in [0.15, 0.2) is 42.6 Å². The number of aromatic nitrogens is 1. The third-order valence-corrected chi connectivity index (χ3v) is 4.43. The molecule has 0 aliphatic carbocycles. The minimum absolute atomic E-state index is 0.0566. The first-order chi connectivity index (χ1) is 11.3. The zero-order valence-electron chi connectivity index (χ0n) is 13.8. The van der Waals surface area contributed by atoms with Crippen LogP contribution in [0.4, 0.5) is 11.5 Å². The Labute approximate surface area is 137 Å². The van der Waals surface area contributed by atoms with E-state index in [0.29, 0.717) is 18.7 Å². The molecule has 1 amide bonds. The molecule has 0 bridgehead atoms. The lowest BCUT2D eigenvalue weighted by Crippen LogP contribution is -2.33. The maximum atomic E-state index is 12.8. The molecule has 3 rings (SSSR count). The molecule has 2 aromatic rings. The summed E-state index contributed by atoms with van der Waals surface area (Å²) in [5, 5.41) is 0. The summed E-state index contributed by atoms with van der Waals surface area (Å²) < 4.78 is 0. The van der Waals surface area contributed by atoms with Gasteiger partial charge >= 0.3 is 0 Å². The van der Waals surface area contributed by atoms with Gasteiger partial charge in [-0.05, 0) is 50.5 Å². The van der Waals surface area contributed by atoms with Gasteiger partial charge in [-0.25, -0.2) is 4.98 Å². The SMILES string of the molecule is CCN(CC)C(=O)c1cccnc1N1CCCc2ccccc21. The van der Waals surface area contributed by atoms with Gasteiger partial charge in [-0.1, -0.05) is 18.2 Å². The molecule has 1 aromatic carbocycles. The van der Waals surface area contributed by atoms with Crippen molar-refractivity contribution in [1.82, 2.24) is 9.88 Å². The molecule has 0 atom stereocenters. The van der Waals surface area contributed by atoms with Crippen molar-refractivity contribution in [2.24, 2.45) is 0 Å². The maximum Gasteiger partial charge on any atom is 0.257 e. The van der Waals surface area contributed by atoms with Gasteiger partial charge in [-0.2, -0.15) is 0 Å². The van der Waals surface area contributed by atoms with Gasteiger partial charge in [0.15, 0.2) is 0 Å². The van der Waals surface area contributed by atoms with Gasteiger partial charge in [0.05, 0.1) is 5.56 Å². The van der Waals surface area contributed by atoms with E-state index >= 15 is 0 Å². The van der Waals surface area contributed by atoms with E-state index in [0.717, 1.165) is 25.2 Å². The second-order valence-electron chi connectivity index (χ2n) is 5.74. The van der Waals surface area contributed by atoms with Crippen LogP contribution in [-0.2, 0) is 6.42 Å². The van der Waals surface area contributed by atoms with Crippen molar-refractivity contribution in [1.29, 1.82) is 0 Å². The molecule has 23 heavy (non-hydrogen) atoms. The molecular weight excluding hydrogens is 286 g/mol. The Bertz CT molecular complexity index is 695. The van der Waals surface area contributed by atoms with Crippen molar-refractivity contribution in [2.45, 2.75) is 26.7 Å². The summed E-state index contributed by atoms with van der Waals surface area (Å²) in [5.74, 6) is 0.831. The maximum absolute atomic E-state index is 12.8. The number of hydrogen-bond donors (Lipinski definition) is 0. The van der Waals surface area contributed by atoms with Crippen molar-refractivity contribution in [3.8, 4) is 0 Å². The van der Waals surface area contributed by atoms with Gasteiger partial charge in [0.2, 0.25) is 0 Å². The smallest absolute Gasteiger partial charge is 0.257 e. The second-order valence-corrected chi connectivity index (χ2v) is 5.74. The molecular formula is C19H23N3O. The zero-order valence-corrected chi connectivity index (χ0v) is 13.8. The third-order valence-electron chi connectivity index (χ3n) is 4.43. The van der Waals surface area contributed by atoms with Crippen LogP contribution in [0.3, 0.4) is 0 Å². The molecule has 1 aliphatic rings. The Morgan fingerprint density at radius 1 is 1.17 bits per heavy atom. The highest BCUT2D eigenvalue weighted by molar-refractivity contribution is 5.99. The van der Waals surface area contributed by atoms with E-state index in [2.05, 4.69) is 28.1 Å². The van der Waals surface area contributed by atoms with Crippen molar-refractivity contribution >= 4 is 17.4 Å². The van der Waals surface area contributed by atoms with E-state index in [1.54, 1.807) is 6.20 Å². The number of carbonyl (C=O) groups excluding carboxylic acids is 1. The number of aryl methyl sites for hydroxylation is 1. The monoisotopic (exact) mass is 309 g/mol. The third kappa shape index (κ3) is 2.93. The Kier molecular flexibility index (Phi) is 4.60. The van der Waals surface area contributed by atoms with Gasteiger partial charge in [-0.15, -0.1) is 0 Å². The molecule has 0 radical (unpaired) electrons. The highest BCUT2D eigenvalue weighted by Crippen LogP contribution is 2.34. The van der Waals surface area contributed by atoms with Crippen LogP contribution in [0.25, 0.3) is 0 Å². The summed E-state index contributed by atoms with van der Waals surface area (Å²) in [7, 11) is 0. The number of para-hydroxylation sites is 1. The van der Waals surface area contributed by atoms with E-state index in [4.69, 9.17) is 0 Å². The number of rotatable bonds is 4. The van der Waals surface area contributed by atoms with Crippen LogP contribution in [-0.4, -0.2) is 35.4 Å². The largest absolute Gasteiger partial charge is 0.339 e. The van der Waals surface area contributed by atoms with Gasteiger partial charge < -0.3 is 9.80 Å². The van der Waals surface area contributed by atoms with E-state index in [9.17, 15) is 4.79 Å². The van der Waals surface area contributed by atoms with Gasteiger partial charge in [0.25, 0.3) is 5.91 Å². The highest BCUT2D eigenvalue weighted by Gasteiger charge is 2.25. The predicted octanol–water partition coefficient (Wildman–Crippen LogP) is 3.65. The second kappa shape index (κ2) is 6.82. The number of anilines is 2. The minimum atomic E-state index is 0.0566. The molecule has 4 nitrogen and oxygen atoms in total. The molecule has 4 heteroatoms. The zero-order chi connectivity index (χ0) is 16.2. The molecule has 0 saturated carbocycles. The summed E-state index contributed by atoms with van der Waals surface area (Å²) in [6.45, 7) is 6.33. The van der Waals surface area contributed by atoms with Crippen molar-refractivity contribution in [3.05, 3.63) is 53.7 Å². The summed E-state index contributed by atoms with van der Waals surface area (Å²) in [5.41, 5.74) is 3.18. The first kappa shape index (κ1) is 15.5. The molecule has 0 spiro atoms. The summed E-state index contributed by atoms with van der Waals surface area (Å²) in [6, 6.07) is 12.1. The molecule has 0 N–H and O–H groups in total. The number of nitrogens with zero attached hydrogens (tertiary/aromatic N) is 3. The average molecular weight is 309 g/mol. The highest BCUT2D eigenvalue weighted by atomic mass is 16.2. The van der Waals surface area contributed by atoms with E-state index in [1.807, 2.05) is 36.9 Å². The molecule has 2 heterocycles. The molecule has 1 aromatic heterocycles. The van der Waals surface area contributed by atoms with Gasteiger partial charge in [0.1, 0.15) is 5.82 Å². The van der Waals surface area contributed by atoms with Crippen LogP contribution >= 0.6 is 0 Å². The predicted molar refractivity (Wildman–Crippen MR) is 93.3 cm³/mol. The van der Waals surface area contributed by atoms with Crippen molar-refractivity contribution in [3.63, 3.8) is 0 Å². The number of amides is 1. The van der Waals surface area contributed by atoms with Crippen LogP contribution in [0.1, 0.15) is 36.2 Å². The fraction of sp³-hybridized carbons (Fsp3) is 0.368. The summed E-state index contributed by atoms with van der Waals surface area (Å²) >= 11 is 0. The number of hydrogen-bond acceptors (Lipinski definition) is 3. The number of pyridine rings is 1. The summed E-state index contributed by atoms with van der Waals surface area (Å²) in [6.07, 6.45) is 3.93. The van der Waals surface area contributed by atoms with E-state index in [-0.39, 0.29) is 5.91 Å². The van der Waals surface area contributed by atoms with Crippen LogP contribution in [0, 0.1) is 0 Å². The van der Waals surface area contributed by atoms with Gasteiger partial charge in [-0.3, -0.25) is 4.79 Å². The molecule has 0 saturated heterocycles. The number of benzene rings is 1. The topological polar surface area (TPSA) is 36.4 Å². The van der Waals surface area contributed by atoms with E-state index < -0.39 is 0 Å². The fourth-order valence-electron chi connectivity index (χ4n) is 3.21. The molecule has 120 valence electrons. The normalized spacial score (nSPS) is 13.6. The minimum Gasteiger partial charge on any atom is -0.339 e. The van der Waals surface area contributed by atoms with Crippen molar-refractivity contribution in [2.75, 3.05) is 24.5 Å². The molecule has 1 aliphatic heterocycles. The fourth-order valence-corrected chi connectivity index (χ4v) is 3.21. The van der Waals surface area contributed by atoms with Crippen LogP contribution < -0.4 is 4.90 Å². The Balaban J connectivity index is 2.04. The lowest BCUT2D eigenvalue weighted by atomic mass is 10.0. The van der Waals surface area contributed by atoms with Crippen molar-refractivity contribution < 1.29 is 4.79 Å². The van der Waals surface area contributed by atoms with Crippen LogP contribution in [0.2, 0.25) is 0 Å². The van der Waals surface area contributed by atoms with Crippen LogP contribution in [0.5, 0.6) is 0 Å². The molecule has 0 unspecified atom stereocenters.